The fourth-order valence-electron chi connectivity index (χ4n) is 2.19. The number of aromatic nitrogens is 1. The average Bonchev–Trinajstić information content (AvgIpc) is 2.21. The van der Waals surface area contributed by atoms with E-state index in [0.717, 1.165) is 16.8 Å². The third-order valence-electron chi connectivity index (χ3n) is 3.32. The van der Waals surface area contributed by atoms with Crippen LogP contribution in [0.5, 0.6) is 0 Å². The van der Waals surface area contributed by atoms with Crippen molar-refractivity contribution in [3.8, 4) is 0 Å². The van der Waals surface area contributed by atoms with Gasteiger partial charge in [0.25, 0.3) is 0 Å². The molecule has 4 heteroatoms. The number of hydrogen-bond acceptors (Lipinski definition) is 3. The lowest BCUT2D eigenvalue weighted by molar-refractivity contribution is 0.259. The molecule has 0 spiro atoms. The van der Waals surface area contributed by atoms with Crippen LogP contribution < -0.4 is 11.3 Å². The first-order valence-corrected chi connectivity index (χ1v) is 6.63. The van der Waals surface area contributed by atoms with Crippen LogP contribution in [0.3, 0.4) is 0 Å². The minimum Gasteiger partial charge on any atom is -0.271 e. The zero-order valence-electron chi connectivity index (χ0n) is 9.32. The van der Waals surface area contributed by atoms with Gasteiger partial charge in [-0.2, -0.15) is 0 Å². The molecule has 16 heavy (non-hydrogen) atoms. The molecule has 1 heterocycles. The van der Waals surface area contributed by atoms with Crippen molar-refractivity contribution < 1.29 is 0 Å². The molecule has 1 fully saturated rings. The van der Waals surface area contributed by atoms with Crippen LogP contribution in [0.4, 0.5) is 0 Å². The Labute approximate surface area is 105 Å². The van der Waals surface area contributed by atoms with Crippen LogP contribution in [0.2, 0.25) is 0 Å². The number of nitrogens with zero attached hydrogens (tertiary/aromatic N) is 1. The van der Waals surface area contributed by atoms with E-state index in [0.29, 0.717) is 6.04 Å². The maximum atomic E-state index is 5.60. The van der Waals surface area contributed by atoms with E-state index in [2.05, 4.69) is 32.4 Å². The highest BCUT2D eigenvalue weighted by atomic mass is 79.9. The summed E-state index contributed by atoms with van der Waals surface area (Å²) in [4.78, 5) is 4.17. The van der Waals surface area contributed by atoms with Crippen molar-refractivity contribution in [1.29, 1.82) is 0 Å². The van der Waals surface area contributed by atoms with E-state index in [1.807, 2.05) is 6.20 Å². The van der Waals surface area contributed by atoms with E-state index >= 15 is 0 Å². The third-order valence-corrected chi connectivity index (χ3v) is 3.76. The number of hydrogen-bond donors (Lipinski definition) is 2. The lowest BCUT2D eigenvalue weighted by atomic mass is 9.80. The molecule has 1 aromatic rings. The summed E-state index contributed by atoms with van der Waals surface area (Å²) in [7, 11) is 0. The summed E-state index contributed by atoms with van der Waals surface area (Å²) in [6.07, 6.45) is 9.99. The van der Waals surface area contributed by atoms with Crippen molar-refractivity contribution in [2.75, 3.05) is 0 Å². The summed E-state index contributed by atoms with van der Waals surface area (Å²) in [6, 6.07) is 2.49. The second-order valence-electron chi connectivity index (χ2n) is 4.61. The van der Waals surface area contributed by atoms with Gasteiger partial charge in [-0.15, -0.1) is 0 Å². The van der Waals surface area contributed by atoms with Crippen LogP contribution in [-0.2, 0) is 6.42 Å². The fraction of sp³-hybridized carbons (Fsp3) is 0.583. The average molecular weight is 284 g/mol. The van der Waals surface area contributed by atoms with Crippen LogP contribution >= 0.6 is 15.9 Å². The molecule has 3 N–H and O–H groups in total. The predicted octanol–water partition coefficient (Wildman–Crippen LogP) is 2.41. The second kappa shape index (κ2) is 5.75. The Balaban J connectivity index is 1.89. The molecule has 0 radical (unpaired) electrons. The number of rotatable bonds is 5. The Kier molecular flexibility index (Phi) is 4.32. The van der Waals surface area contributed by atoms with Gasteiger partial charge in [-0.05, 0) is 46.3 Å². The molecular weight excluding hydrogens is 266 g/mol. The predicted molar refractivity (Wildman–Crippen MR) is 68.7 cm³/mol. The van der Waals surface area contributed by atoms with Gasteiger partial charge in [0.2, 0.25) is 0 Å². The van der Waals surface area contributed by atoms with Gasteiger partial charge in [-0.1, -0.05) is 19.3 Å². The molecule has 88 valence electrons. The second-order valence-corrected chi connectivity index (χ2v) is 5.53. The standard InChI is InChI=1S/C12H18BrN3/c13-11-4-10(7-15-8-11)6-12(16-14)5-9-2-1-3-9/h4,7-9,12,16H,1-3,5-6,14H2. The van der Waals surface area contributed by atoms with Gasteiger partial charge in [0.15, 0.2) is 0 Å². The highest BCUT2D eigenvalue weighted by molar-refractivity contribution is 9.10. The van der Waals surface area contributed by atoms with E-state index in [9.17, 15) is 0 Å². The summed E-state index contributed by atoms with van der Waals surface area (Å²) >= 11 is 3.44. The smallest absolute Gasteiger partial charge is 0.0410 e. The lowest BCUT2D eigenvalue weighted by Crippen LogP contribution is -2.39. The Bertz CT molecular complexity index is 339. The maximum absolute atomic E-state index is 5.60. The van der Waals surface area contributed by atoms with Gasteiger partial charge in [0, 0.05) is 22.9 Å². The summed E-state index contributed by atoms with van der Waals surface area (Å²) in [5.74, 6) is 6.48. The lowest BCUT2D eigenvalue weighted by Gasteiger charge is -2.29. The van der Waals surface area contributed by atoms with Gasteiger partial charge in [0.1, 0.15) is 0 Å². The number of hydrazine groups is 1. The fourth-order valence-corrected chi connectivity index (χ4v) is 2.61. The molecule has 1 unspecified atom stereocenters. The van der Waals surface area contributed by atoms with E-state index < -0.39 is 0 Å². The van der Waals surface area contributed by atoms with Crippen LogP contribution in [0.25, 0.3) is 0 Å². The minimum atomic E-state index is 0.376. The molecule has 1 saturated carbocycles. The summed E-state index contributed by atoms with van der Waals surface area (Å²) < 4.78 is 1.03. The zero-order chi connectivity index (χ0) is 11.4. The molecule has 3 nitrogen and oxygen atoms in total. The minimum absolute atomic E-state index is 0.376. The van der Waals surface area contributed by atoms with Crippen molar-refractivity contribution in [2.45, 2.75) is 38.1 Å². The summed E-state index contributed by atoms with van der Waals surface area (Å²) in [5, 5.41) is 0. The Hall–Kier alpha value is -0.450. The Morgan fingerprint density at radius 1 is 1.50 bits per heavy atom. The first kappa shape index (κ1) is 12.0. The van der Waals surface area contributed by atoms with Gasteiger partial charge in [-0.25, -0.2) is 0 Å². The van der Waals surface area contributed by atoms with Crippen LogP contribution in [-0.4, -0.2) is 11.0 Å². The first-order valence-electron chi connectivity index (χ1n) is 5.83. The van der Waals surface area contributed by atoms with Crippen molar-refractivity contribution in [1.82, 2.24) is 10.4 Å². The molecule has 0 amide bonds. The maximum Gasteiger partial charge on any atom is 0.0410 e. The van der Waals surface area contributed by atoms with Crippen molar-refractivity contribution in [3.05, 3.63) is 28.5 Å². The molecule has 2 rings (SSSR count). The molecule has 1 aliphatic rings. The van der Waals surface area contributed by atoms with Gasteiger partial charge in [-0.3, -0.25) is 16.3 Å². The van der Waals surface area contributed by atoms with Crippen LogP contribution in [0.15, 0.2) is 22.9 Å². The number of halogens is 1. The highest BCUT2D eigenvalue weighted by Gasteiger charge is 2.21. The van der Waals surface area contributed by atoms with Crippen molar-refractivity contribution >= 4 is 15.9 Å². The Morgan fingerprint density at radius 2 is 2.31 bits per heavy atom. The van der Waals surface area contributed by atoms with E-state index in [-0.39, 0.29) is 0 Å². The van der Waals surface area contributed by atoms with E-state index in [4.69, 9.17) is 5.84 Å². The third kappa shape index (κ3) is 3.27. The summed E-state index contributed by atoms with van der Waals surface area (Å²) in [6.45, 7) is 0. The normalized spacial score (nSPS) is 18.1. The molecule has 0 aromatic carbocycles. The number of pyridine rings is 1. The molecule has 0 aliphatic heterocycles. The molecule has 0 bridgehead atoms. The molecule has 0 saturated heterocycles. The number of nitrogens with two attached hydrogens (primary N) is 1. The molecule has 1 aromatic heterocycles. The molecular formula is C12H18BrN3. The largest absolute Gasteiger partial charge is 0.271 e. The number of nitrogens with one attached hydrogen (secondary N) is 1. The first-order chi connectivity index (χ1) is 7.78. The highest BCUT2D eigenvalue weighted by Crippen LogP contribution is 2.31. The van der Waals surface area contributed by atoms with E-state index in [1.165, 1.54) is 31.2 Å². The van der Waals surface area contributed by atoms with Crippen molar-refractivity contribution in [2.24, 2.45) is 11.8 Å². The van der Waals surface area contributed by atoms with Gasteiger partial charge < -0.3 is 0 Å². The van der Waals surface area contributed by atoms with Crippen LogP contribution in [0, 0.1) is 5.92 Å². The summed E-state index contributed by atoms with van der Waals surface area (Å²) in [5.41, 5.74) is 4.16. The molecule has 1 aliphatic carbocycles. The van der Waals surface area contributed by atoms with Crippen LogP contribution in [0.1, 0.15) is 31.2 Å². The Morgan fingerprint density at radius 3 is 2.88 bits per heavy atom. The van der Waals surface area contributed by atoms with Crippen molar-refractivity contribution in [3.63, 3.8) is 0 Å². The topological polar surface area (TPSA) is 50.9 Å². The van der Waals surface area contributed by atoms with Gasteiger partial charge in [0.05, 0.1) is 0 Å². The van der Waals surface area contributed by atoms with E-state index in [1.54, 1.807) is 6.20 Å². The monoisotopic (exact) mass is 283 g/mol. The van der Waals surface area contributed by atoms with Gasteiger partial charge >= 0.3 is 0 Å². The molecule has 1 atom stereocenters. The SMILES string of the molecule is NNC(Cc1cncc(Br)c1)CC1CCC1. The zero-order valence-corrected chi connectivity index (χ0v) is 10.9. The quantitative estimate of drug-likeness (QED) is 0.645.